The van der Waals surface area contributed by atoms with E-state index in [9.17, 15) is 4.79 Å². The van der Waals surface area contributed by atoms with E-state index < -0.39 is 0 Å². The van der Waals surface area contributed by atoms with Crippen molar-refractivity contribution in [1.29, 1.82) is 0 Å². The van der Waals surface area contributed by atoms with E-state index in [1.54, 1.807) is 0 Å². The highest BCUT2D eigenvalue weighted by molar-refractivity contribution is 5.90. The Morgan fingerprint density at radius 2 is 2.04 bits per heavy atom. The Kier molecular flexibility index (Phi) is 4.54. The van der Waals surface area contributed by atoms with Gasteiger partial charge in [0.25, 0.3) is 0 Å². The molecule has 0 bridgehead atoms. The second kappa shape index (κ2) is 6.99. The monoisotopic (exact) mass is 347 g/mol. The molecule has 0 radical (unpaired) electrons. The van der Waals surface area contributed by atoms with Crippen molar-refractivity contribution in [3.63, 3.8) is 0 Å². The number of fused-ring (bicyclic) bond motifs is 3. The van der Waals surface area contributed by atoms with E-state index in [4.69, 9.17) is 4.74 Å². The van der Waals surface area contributed by atoms with Gasteiger partial charge in [-0.1, -0.05) is 43.3 Å². The SMILES string of the molecule is CCCOC(=O)c1ccc2c(c1)C1C=CCC1C(c1ccccc1C)N2. The number of nitrogens with one attached hydrogen (secondary N) is 1. The molecule has 3 atom stereocenters. The predicted octanol–water partition coefficient (Wildman–Crippen LogP) is 5.39. The maximum atomic E-state index is 12.3. The summed E-state index contributed by atoms with van der Waals surface area (Å²) < 4.78 is 5.31. The van der Waals surface area contributed by atoms with Crippen molar-refractivity contribution >= 4 is 11.7 Å². The average Bonchev–Trinajstić information content (AvgIpc) is 3.16. The quantitative estimate of drug-likeness (QED) is 0.595. The molecule has 26 heavy (non-hydrogen) atoms. The molecule has 2 aliphatic rings. The van der Waals surface area contributed by atoms with Crippen molar-refractivity contribution in [2.45, 2.75) is 38.6 Å². The van der Waals surface area contributed by atoms with Gasteiger partial charge in [-0.05, 0) is 60.6 Å². The Hall–Kier alpha value is -2.55. The molecule has 1 aliphatic carbocycles. The minimum Gasteiger partial charge on any atom is -0.462 e. The first kappa shape index (κ1) is 16.9. The number of anilines is 1. The third-order valence-electron chi connectivity index (χ3n) is 5.56. The number of rotatable bonds is 4. The fourth-order valence-corrected chi connectivity index (χ4v) is 4.24. The molecule has 2 aromatic rings. The van der Waals surface area contributed by atoms with E-state index in [2.05, 4.69) is 48.7 Å². The number of allylic oxidation sites excluding steroid dienone is 2. The zero-order valence-electron chi connectivity index (χ0n) is 15.4. The summed E-state index contributed by atoms with van der Waals surface area (Å²) in [6, 6.07) is 14.8. The van der Waals surface area contributed by atoms with Gasteiger partial charge in [0.2, 0.25) is 0 Å². The minimum atomic E-state index is -0.228. The number of hydrogen-bond acceptors (Lipinski definition) is 3. The van der Waals surface area contributed by atoms with Gasteiger partial charge in [-0.2, -0.15) is 0 Å². The highest BCUT2D eigenvalue weighted by atomic mass is 16.5. The smallest absolute Gasteiger partial charge is 0.338 e. The molecule has 0 spiro atoms. The van der Waals surface area contributed by atoms with Crippen molar-refractivity contribution in [2.75, 3.05) is 11.9 Å². The molecule has 0 fully saturated rings. The average molecular weight is 347 g/mol. The number of carbonyl (C=O) groups is 1. The summed E-state index contributed by atoms with van der Waals surface area (Å²) in [6.07, 6.45) is 6.47. The van der Waals surface area contributed by atoms with Gasteiger partial charge >= 0.3 is 5.97 Å². The number of aryl methyl sites for hydroxylation is 1. The van der Waals surface area contributed by atoms with Gasteiger partial charge in [0, 0.05) is 11.6 Å². The van der Waals surface area contributed by atoms with Crippen LogP contribution in [0.5, 0.6) is 0 Å². The number of hydrogen-bond donors (Lipinski definition) is 1. The largest absolute Gasteiger partial charge is 0.462 e. The van der Waals surface area contributed by atoms with Crippen molar-refractivity contribution in [2.24, 2.45) is 5.92 Å². The summed E-state index contributed by atoms with van der Waals surface area (Å²) in [6.45, 7) is 4.65. The van der Waals surface area contributed by atoms with Crippen LogP contribution < -0.4 is 5.32 Å². The Labute approximate surface area is 155 Å². The van der Waals surface area contributed by atoms with E-state index in [0.717, 1.165) is 18.5 Å². The van der Waals surface area contributed by atoms with Gasteiger partial charge in [0.1, 0.15) is 0 Å². The van der Waals surface area contributed by atoms with Gasteiger partial charge in [0.05, 0.1) is 18.2 Å². The van der Waals surface area contributed by atoms with Crippen LogP contribution in [0, 0.1) is 12.8 Å². The molecule has 1 N–H and O–H groups in total. The van der Waals surface area contributed by atoms with E-state index >= 15 is 0 Å². The molecule has 0 saturated heterocycles. The van der Waals surface area contributed by atoms with Crippen LogP contribution in [0.1, 0.15) is 58.8 Å². The second-order valence-corrected chi connectivity index (χ2v) is 7.27. The molecule has 0 aromatic heterocycles. The summed E-state index contributed by atoms with van der Waals surface area (Å²) in [5.74, 6) is 0.592. The van der Waals surface area contributed by atoms with Gasteiger partial charge in [0.15, 0.2) is 0 Å². The van der Waals surface area contributed by atoms with Crippen LogP contribution in [-0.4, -0.2) is 12.6 Å². The molecular formula is C23H25NO2. The standard InChI is InChI=1S/C23H25NO2/c1-3-13-26-23(25)16-11-12-21-20(14-16)18-9-6-10-19(18)22(24-21)17-8-5-4-7-15(17)2/h4-9,11-12,14,18-19,22,24H,3,10,13H2,1-2H3. The fraction of sp³-hybridized carbons (Fsp3) is 0.348. The van der Waals surface area contributed by atoms with Crippen molar-refractivity contribution < 1.29 is 9.53 Å². The maximum Gasteiger partial charge on any atom is 0.338 e. The molecular weight excluding hydrogens is 322 g/mol. The molecule has 134 valence electrons. The first-order valence-electron chi connectivity index (χ1n) is 9.49. The van der Waals surface area contributed by atoms with Crippen molar-refractivity contribution in [3.05, 3.63) is 76.9 Å². The highest BCUT2D eigenvalue weighted by Gasteiger charge is 2.38. The van der Waals surface area contributed by atoms with Crippen LogP contribution in [-0.2, 0) is 4.74 Å². The van der Waals surface area contributed by atoms with Crippen LogP contribution in [0.15, 0.2) is 54.6 Å². The fourth-order valence-electron chi connectivity index (χ4n) is 4.24. The lowest BCUT2D eigenvalue weighted by molar-refractivity contribution is 0.0505. The lowest BCUT2D eigenvalue weighted by Gasteiger charge is -2.38. The number of benzene rings is 2. The topological polar surface area (TPSA) is 38.3 Å². The van der Waals surface area contributed by atoms with Crippen molar-refractivity contribution in [1.82, 2.24) is 0 Å². The van der Waals surface area contributed by atoms with E-state index in [1.165, 1.54) is 16.7 Å². The van der Waals surface area contributed by atoms with Crippen LogP contribution in [0.25, 0.3) is 0 Å². The second-order valence-electron chi connectivity index (χ2n) is 7.27. The number of carbonyl (C=O) groups excluding carboxylic acids is 1. The number of esters is 1. The summed E-state index contributed by atoms with van der Waals surface area (Å²) in [4.78, 5) is 12.3. The normalized spacial score (nSPS) is 23.1. The van der Waals surface area contributed by atoms with Crippen molar-refractivity contribution in [3.8, 4) is 0 Å². The van der Waals surface area contributed by atoms with Gasteiger partial charge in [-0.15, -0.1) is 0 Å². The molecule has 4 rings (SSSR count). The summed E-state index contributed by atoms with van der Waals surface area (Å²) >= 11 is 0. The van der Waals surface area contributed by atoms with E-state index in [-0.39, 0.29) is 5.97 Å². The van der Waals surface area contributed by atoms with Crippen LogP contribution in [0.4, 0.5) is 5.69 Å². The zero-order chi connectivity index (χ0) is 18.1. The third-order valence-corrected chi connectivity index (χ3v) is 5.56. The molecule has 3 nitrogen and oxygen atoms in total. The van der Waals surface area contributed by atoms with Crippen LogP contribution in [0.3, 0.4) is 0 Å². The lowest BCUT2D eigenvalue weighted by atomic mass is 9.76. The maximum absolute atomic E-state index is 12.3. The molecule has 1 aliphatic heterocycles. The minimum absolute atomic E-state index is 0.228. The summed E-state index contributed by atoms with van der Waals surface area (Å²) in [5, 5.41) is 3.74. The first-order chi connectivity index (χ1) is 12.7. The Balaban J connectivity index is 1.69. The Morgan fingerprint density at radius 3 is 2.85 bits per heavy atom. The Bertz CT molecular complexity index is 855. The highest BCUT2D eigenvalue weighted by Crippen LogP contribution is 2.50. The third kappa shape index (κ3) is 2.92. The van der Waals surface area contributed by atoms with E-state index in [1.807, 2.05) is 25.1 Å². The van der Waals surface area contributed by atoms with Gasteiger partial charge in [-0.3, -0.25) is 0 Å². The molecule has 2 aromatic carbocycles. The van der Waals surface area contributed by atoms with Gasteiger partial charge in [-0.25, -0.2) is 4.79 Å². The Morgan fingerprint density at radius 1 is 1.19 bits per heavy atom. The summed E-state index contributed by atoms with van der Waals surface area (Å²) in [5.41, 5.74) is 5.66. The zero-order valence-corrected chi connectivity index (χ0v) is 15.4. The van der Waals surface area contributed by atoms with Crippen LogP contribution >= 0.6 is 0 Å². The first-order valence-corrected chi connectivity index (χ1v) is 9.49. The molecule has 1 heterocycles. The molecule has 3 unspecified atom stereocenters. The number of ether oxygens (including phenoxy) is 1. The summed E-state index contributed by atoms with van der Waals surface area (Å²) in [7, 11) is 0. The molecule has 3 heteroatoms. The van der Waals surface area contributed by atoms with Crippen LogP contribution in [0.2, 0.25) is 0 Å². The molecule has 0 amide bonds. The lowest BCUT2D eigenvalue weighted by Crippen LogP contribution is -2.29. The van der Waals surface area contributed by atoms with Gasteiger partial charge < -0.3 is 10.1 Å². The van der Waals surface area contributed by atoms with E-state index in [0.29, 0.717) is 30.0 Å². The molecule has 0 saturated carbocycles. The predicted molar refractivity (Wildman–Crippen MR) is 105 cm³/mol.